The molecule has 0 saturated heterocycles. The van der Waals surface area contributed by atoms with Gasteiger partial charge in [-0.3, -0.25) is 19.7 Å². The van der Waals surface area contributed by atoms with Crippen LogP contribution in [0.2, 0.25) is 0 Å². The van der Waals surface area contributed by atoms with Crippen molar-refractivity contribution in [3.8, 4) is 5.75 Å². The Morgan fingerprint density at radius 3 is 2.68 bits per heavy atom. The molecular weight excluding hydrogens is 392 g/mol. The Labute approximate surface area is 152 Å². The van der Waals surface area contributed by atoms with Gasteiger partial charge in [0.2, 0.25) is 0 Å². The number of aryl methyl sites for hydroxylation is 1. The third-order valence-electron chi connectivity index (χ3n) is 3.63. The highest BCUT2D eigenvalue weighted by Crippen LogP contribution is 2.30. The van der Waals surface area contributed by atoms with E-state index in [1.54, 1.807) is 38.1 Å². The number of halogens is 1. The van der Waals surface area contributed by atoms with Gasteiger partial charge < -0.3 is 10.1 Å². The van der Waals surface area contributed by atoms with Crippen molar-refractivity contribution in [3.63, 3.8) is 0 Å². The number of carbonyl (C=O) groups excluding carboxylic acids is 2. The Hall–Kier alpha value is -2.74. The highest BCUT2D eigenvalue weighted by atomic mass is 79.9. The standard InChI is InChI=1S/C17H15BrN2O5/c1-10-3-5-14(20(23)24)17(11(10)2)19-16(22)9-25-15-6-4-13(18)7-12(15)8-21/h3-8H,9H2,1-2H3,(H,19,22). The lowest BCUT2D eigenvalue weighted by Gasteiger charge is -2.12. The van der Waals surface area contributed by atoms with E-state index in [2.05, 4.69) is 21.2 Å². The fourth-order valence-corrected chi connectivity index (χ4v) is 2.55. The third-order valence-corrected chi connectivity index (χ3v) is 4.13. The van der Waals surface area contributed by atoms with Crippen molar-refractivity contribution in [2.24, 2.45) is 0 Å². The minimum atomic E-state index is -0.559. The molecule has 0 fully saturated rings. The van der Waals surface area contributed by atoms with E-state index in [0.29, 0.717) is 21.9 Å². The van der Waals surface area contributed by atoms with E-state index in [9.17, 15) is 19.7 Å². The molecule has 0 atom stereocenters. The largest absolute Gasteiger partial charge is 0.483 e. The maximum Gasteiger partial charge on any atom is 0.293 e. The fraction of sp³-hybridized carbons (Fsp3) is 0.176. The number of ether oxygens (including phenoxy) is 1. The molecule has 0 radical (unpaired) electrons. The summed E-state index contributed by atoms with van der Waals surface area (Å²) in [4.78, 5) is 33.8. The normalized spacial score (nSPS) is 10.2. The van der Waals surface area contributed by atoms with Crippen LogP contribution in [0.1, 0.15) is 21.5 Å². The number of nitrogens with zero attached hydrogens (tertiary/aromatic N) is 1. The van der Waals surface area contributed by atoms with Crippen LogP contribution in [0.4, 0.5) is 11.4 Å². The van der Waals surface area contributed by atoms with E-state index >= 15 is 0 Å². The molecule has 0 aliphatic carbocycles. The van der Waals surface area contributed by atoms with Crippen molar-refractivity contribution in [3.05, 3.63) is 61.6 Å². The monoisotopic (exact) mass is 406 g/mol. The van der Waals surface area contributed by atoms with Gasteiger partial charge in [0.1, 0.15) is 11.4 Å². The van der Waals surface area contributed by atoms with Crippen LogP contribution in [-0.4, -0.2) is 23.7 Å². The van der Waals surface area contributed by atoms with Gasteiger partial charge in [0, 0.05) is 10.5 Å². The number of hydrogen-bond acceptors (Lipinski definition) is 5. The average molecular weight is 407 g/mol. The summed E-state index contributed by atoms with van der Waals surface area (Å²) in [6.45, 7) is 3.11. The zero-order valence-corrected chi connectivity index (χ0v) is 15.1. The summed E-state index contributed by atoms with van der Waals surface area (Å²) in [5.41, 5.74) is 1.68. The van der Waals surface area contributed by atoms with E-state index in [-0.39, 0.29) is 23.7 Å². The lowest BCUT2D eigenvalue weighted by Crippen LogP contribution is -2.22. The molecule has 1 amide bonds. The van der Waals surface area contributed by atoms with Crippen LogP contribution in [0.3, 0.4) is 0 Å². The molecule has 2 rings (SSSR count). The van der Waals surface area contributed by atoms with E-state index in [1.807, 2.05) is 0 Å². The zero-order chi connectivity index (χ0) is 18.6. The van der Waals surface area contributed by atoms with E-state index in [1.165, 1.54) is 6.07 Å². The molecule has 8 heteroatoms. The first-order valence-corrected chi connectivity index (χ1v) is 8.04. The van der Waals surface area contributed by atoms with Gasteiger partial charge in [-0.15, -0.1) is 0 Å². The molecule has 0 spiro atoms. The summed E-state index contributed by atoms with van der Waals surface area (Å²) in [7, 11) is 0. The minimum Gasteiger partial charge on any atom is -0.483 e. The quantitative estimate of drug-likeness (QED) is 0.446. The van der Waals surface area contributed by atoms with Gasteiger partial charge in [0.15, 0.2) is 12.9 Å². The highest BCUT2D eigenvalue weighted by molar-refractivity contribution is 9.10. The predicted octanol–water partition coefficient (Wildman–Crippen LogP) is 3.80. The van der Waals surface area contributed by atoms with Crippen LogP contribution in [0, 0.1) is 24.0 Å². The number of benzene rings is 2. The molecule has 0 aliphatic rings. The number of nitro benzene ring substituents is 1. The summed E-state index contributed by atoms with van der Waals surface area (Å²) in [5, 5.41) is 13.7. The second-order valence-electron chi connectivity index (χ2n) is 5.30. The molecular formula is C17H15BrN2O5. The van der Waals surface area contributed by atoms with Gasteiger partial charge in [-0.1, -0.05) is 22.0 Å². The van der Waals surface area contributed by atoms with Crippen LogP contribution < -0.4 is 10.1 Å². The molecule has 2 aromatic rings. The second kappa shape index (κ2) is 7.89. The van der Waals surface area contributed by atoms with Gasteiger partial charge in [0.25, 0.3) is 11.6 Å². The molecule has 0 aliphatic heterocycles. The molecule has 7 nitrogen and oxygen atoms in total. The van der Waals surface area contributed by atoms with E-state index in [4.69, 9.17) is 4.74 Å². The fourth-order valence-electron chi connectivity index (χ4n) is 2.17. The lowest BCUT2D eigenvalue weighted by molar-refractivity contribution is -0.384. The minimum absolute atomic E-state index is 0.144. The number of aldehydes is 1. The first-order valence-electron chi connectivity index (χ1n) is 7.25. The van der Waals surface area contributed by atoms with E-state index < -0.39 is 10.8 Å². The number of anilines is 1. The van der Waals surface area contributed by atoms with Gasteiger partial charge in [-0.2, -0.15) is 0 Å². The van der Waals surface area contributed by atoms with Gasteiger partial charge in [-0.05, 0) is 43.2 Å². The number of carbonyl (C=O) groups is 2. The zero-order valence-electron chi connectivity index (χ0n) is 13.5. The van der Waals surface area contributed by atoms with Crippen molar-refractivity contribution in [1.82, 2.24) is 0 Å². The van der Waals surface area contributed by atoms with Gasteiger partial charge in [-0.25, -0.2) is 0 Å². The molecule has 0 heterocycles. The first kappa shape index (κ1) is 18.6. The third kappa shape index (κ3) is 4.42. The number of nitro groups is 1. The Balaban J connectivity index is 2.15. The smallest absolute Gasteiger partial charge is 0.293 e. The number of hydrogen-bond donors (Lipinski definition) is 1. The number of amides is 1. The summed E-state index contributed by atoms with van der Waals surface area (Å²) >= 11 is 3.24. The molecule has 25 heavy (non-hydrogen) atoms. The Morgan fingerprint density at radius 2 is 2.04 bits per heavy atom. The number of rotatable bonds is 6. The maximum atomic E-state index is 12.1. The van der Waals surface area contributed by atoms with Crippen LogP contribution in [0.5, 0.6) is 5.75 Å². The molecule has 0 bridgehead atoms. The Kier molecular flexibility index (Phi) is 5.87. The molecule has 0 aromatic heterocycles. The number of nitrogens with one attached hydrogen (secondary N) is 1. The summed E-state index contributed by atoms with van der Waals surface area (Å²) < 4.78 is 6.06. The van der Waals surface area contributed by atoms with Gasteiger partial charge in [0.05, 0.1) is 10.5 Å². The molecule has 0 unspecified atom stereocenters. The van der Waals surface area contributed by atoms with Crippen molar-refractivity contribution in [2.75, 3.05) is 11.9 Å². The maximum absolute atomic E-state index is 12.1. The Bertz CT molecular complexity index is 851. The Morgan fingerprint density at radius 1 is 1.32 bits per heavy atom. The SMILES string of the molecule is Cc1ccc([N+](=O)[O-])c(NC(=O)COc2ccc(Br)cc2C=O)c1C. The van der Waals surface area contributed by atoms with Crippen molar-refractivity contribution >= 4 is 39.5 Å². The van der Waals surface area contributed by atoms with Gasteiger partial charge >= 0.3 is 0 Å². The first-order chi connectivity index (χ1) is 11.8. The predicted molar refractivity (Wildman–Crippen MR) is 96.2 cm³/mol. The second-order valence-corrected chi connectivity index (χ2v) is 6.21. The van der Waals surface area contributed by atoms with Crippen molar-refractivity contribution in [2.45, 2.75) is 13.8 Å². The molecule has 0 saturated carbocycles. The highest BCUT2D eigenvalue weighted by Gasteiger charge is 2.19. The van der Waals surface area contributed by atoms with Crippen LogP contribution in [0.25, 0.3) is 0 Å². The average Bonchev–Trinajstić information content (AvgIpc) is 2.57. The van der Waals surface area contributed by atoms with Crippen molar-refractivity contribution < 1.29 is 19.2 Å². The van der Waals surface area contributed by atoms with Crippen molar-refractivity contribution in [1.29, 1.82) is 0 Å². The van der Waals surface area contributed by atoms with Crippen LogP contribution in [0.15, 0.2) is 34.8 Å². The van der Waals surface area contributed by atoms with Crippen LogP contribution in [-0.2, 0) is 4.79 Å². The van der Waals surface area contributed by atoms with Crippen LogP contribution >= 0.6 is 15.9 Å². The molecule has 130 valence electrons. The summed E-state index contributed by atoms with van der Waals surface area (Å²) in [6.07, 6.45) is 0.619. The summed E-state index contributed by atoms with van der Waals surface area (Å²) in [6, 6.07) is 7.77. The van der Waals surface area contributed by atoms with E-state index in [0.717, 1.165) is 5.56 Å². The summed E-state index contributed by atoms with van der Waals surface area (Å²) in [5.74, 6) is -0.305. The molecule has 2 aromatic carbocycles. The lowest BCUT2D eigenvalue weighted by atomic mass is 10.1. The topological polar surface area (TPSA) is 98.5 Å². The molecule has 1 N–H and O–H groups in total.